The number of ether oxygens (including phenoxy) is 1. The minimum absolute atomic E-state index is 0.0895. The molecule has 0 aromatic heterocycles. The number of benzene rings is 2. The summed E-state index contributed by atoms with van der Waals surface area (Å²) in [7, 11) is 0. The smallest absolute Gasteiger partial charge is 0.132 e. The largest absolute Gasteiger partial charge is 0.489 e. The molecule has 0 atom stereocenters. The Morgan fingerprint density at radius 1 is 1.06 bits per heavy atom. The zero-order chi connectivity index (χ0) is 12.3. The molecule has 1 nitrogen and oxygen atoms in total. The molecule has 2 rings (SSSR count). The van der Waals surface area contributed by atoms with Gasteiger partial charge in [-0.3, -0.25) is 0 Å². The highest BCUT2D eigenvalue weighted by atomic mass is 127. The standard InChI is InChI=1S/C13H9F2IO/c14-10-5-4-9(13(15)6-10)8-17-12-3-1-2-11(16)7-12/h1-7H,8H2. The summed E-state index contributed by atoms with van der Waals surface area (Å²) >= 11 is 2.17. The summed E-state index contributed by atoms with van der Waals surface area (Å²) in [5, 5.41) is 0. The highest BCUT2D eigenvalue weighted by Crippen LogP contribution is 2.17. The number of halogens is 3. The molecule has 0 fully saturated rings. The first-order chi connectivity index (χ1) is 8.15. The van der Waals surface area contributed by atoms with E-state index in [1.54, 1.807) is 6.07 Å². The Morgan fingerprint density at radius 2 is 1.88 bits per heavy atom. The van der Waals surface area contributed by atoms with Gasteiger partial charge in [0.25, 0.3) is 0 Å². The molecule has 0 aliphatic heterocycles. The van der Waals surface area contributed by atoms with Gasteiger partial charge in [-0.1, -0.05) is 6.07 Å². The van der Waals surface area contributed by atoms with E-state index in [-0.39, 0.29) is 6.61 Å². The van der Waals surface area contributed by atoms with Gasteiger partial charge in [0, 0.05) is 15.2 Å². The minimum atomic E-state index is -0.587. The average Bonchev–Trinajstić information content (AvgIpc) is 2.28. The lowest BCUT2D eigenvalue weighted by atomic mass is 10.2. The van der Waals surface area contributed by atoms with Crippen LogP contribution in [0.15, 0.2) is 42.5 Å². The number of rotatable bonds is 3. The molecule has 0 radical (unpaired) electrons. The van der Waals surface area contributed by atoms with Gasteiger partial charge in [-0.05, 0) is 52.9 Å². The molecule has 0 amide bonds. The molecule has 0 unspecified atom stereocenters. The van der Waals surface area contributed by atoms with Gasteiger partial charge in [0.15, 0.2) is 0 Å². The average molecular weight is 346 g/mol. The highest BCUT2D eigenvalue weighted by Gasteiger charge is 2.04. The monoisotopic (exact) mass is 346 g/mol. The second-order valence-electron chi connectivity index (χ2n) is 3.48. The molecule has 0 heterocycles. The van der Waals surface area contributed by atoms with E-state index in [9.17, 15) is 8.78 Å². The fraction of sp³-hybridized carbons (Fsp3) is 0.0769. The van der Waals surface area contributed by atoms with Crippen LogP contribution in [0.1, 0.15) is 5.56 Å². The summed E-state index contributed by atoms with van der Waals surface area (Å²) in [6.07, 6.45) is 0. The quantitative estimate of drug-likeness (QED) is 0.759. The van der Waals surface area contributed by atoms with Gasteiger partial charge < -0.3 is 4.74 Å². The Bertz CT molecular complexity index is 529. The van der Waals surface area contributed by atoms with Crippen molar-refractivity contribution in [3.63, 3.8) is 0 Å². The Balaban J connectivity index is 2.07. The summed E-state index contributed by atoms with van der Waals surface area (Å²) in [5.74, 6) is -0.503. The molecule has 88 valence electrons. The van der Waals surface area contributed by atoms with Gasteiger partial charge in [0.05, 0.1) is 0 Å². The molecule has 4 heteroatoms. The molecular formula is C13H9F2IO. The summed E-state index contributed by atoms with van der Waals surface area (Å²) in [6, 6.07) is 10.9. The Kier molecular flexibility index (Phi) is 3.93. The van der Waals surface area contributed by atoms with E-state index >= 15 is 0 Å². The van der Waals surface area contributed by atoms with E-state index < -0.39 is 11.6 Å². The fourth-order valence-electron chi connectivity index (χ4n) is 1.36. The van der Waals surface area contributed by atoms with Gasteiger partial charge in [-0.2, -0.15) is 0 Å². The number of hydrogen-bond acceptors (Lipinski definition) is 1. The maximum atomic E-state index is 13.3. The first-order valence-corrected chi connectivity index (χ1v) is 6.05. The molecule has 2 aromatic carbocycles. The van der Waals surface area contributed by atoms with Crippen molar-refractivity contribution in [3.05, 3.63) is 63.2 Å². The molecule has 0 saturated heterocycles. The van der Waals surface area contributed by atoms with Crippen molar-refractivity contribution in [3.8, 4) is 5.75 Å². The number of hydrogen-bond donors (Lipinski definition) is 0. The van der Waals surface area contributed by atoms with Crippen molar-refractivity contribution in [1.82, 2.24) is 0 Å². The van der Waals surface area contributed by atoms with Crippen LogP contribution in [0.25, 0.3) is 0 Å². The maximum absolute atomic E-state index is 13.3. The van der Waals surface area contributed by atoms with E-state index in [1.165, 1.54) is 12.1 Å². The van der Waals surface area contributed by atoms with Crippen molar-refractivity contribution in [2.75, 3.05) is 0 Å². The Labute approximate surface area is 112 Å². The first-order valence-electron chi connectivity index (χ1n) is 4.97. The van der Waals surface area contributed by atoms with Gasteiger partial charge in [-0.25, -0.2) is 8.78 Å². The van der Waals surface area contributed by atoms with Gasteiger partial charge >= 0.3 is 0 Å². The summed E-state index contributed by atoms with van der Waals surface area (Å²) < 4.78 is 32.5. The van der Waals surface area contributed by atoms with Crippen LogP contribution in [-0.4, -0.2) is 0 Å². The van der Waals surface area contributed by atoms with Crippen molar-refractivity contribution >= 4 is 22.6 Å². The van der Waals surface area contributed by atoms with Crippen LogP contribution in [0.3, 0.4) is 0 Å². The van der Waals surface area contributed by atoms with E-state index in [0.29, 0.717) is 11.3 Å². The lowest BCUT2D eigenvalue weighted by Crippen LogP contribution is -1.99. The second kappa shape index (κ2) is 5.44. The van der Waals surface area contributed by atoms with Crippen LogP contribution in [0.5, 0.6) is 5.75 Å². The van der Waals surface area contributed by atoms with Crippen molar-refractivity contribution in [1.29, 1.82) is 0 Å². The molecular weight excluding hydrogens is 337 g/mol. The third-order valence-electron chi connectivity index (χ3n) is 2.21. The predicted octanol–water partition coefficient (Wildman–Crippen LogP) is 4.15. The van der Waals surface area contributed by atoms with Gasteiger partial charge in [0.2, 0.25) is 0 Å². The first kappa shape index (κ1) is 12.3. The van der Waals surface area contributed by atoms with Crippen LogP contribution in [0.4, 0.5) is 8.78 Å². The van der Waals surface area contributed by atoms with Crippen LogP contribution in [0, 0.1) is 15.2 Å². The zero-order valence-corrected chi connectivity index (χ0v) is 10.9. The van der Waals surface area contributed by atoms with E-state index in [1.807, 2.05) is 18.2 Å². The van der Waals surface area contributed by atoms with Crippen molar-refractivity contribution < 1.29 is 13.5 Å². The topological polar surface area (TPSA) is 9.23 Å². The SMILES string of the molecule is Fc1ccc(COc2cccc(I)c2)c(F)c1. The van der Waals surface area contributed by atoms with Crippen molar-refractivity contribution in [2.45, 2.75) is 6.61 Å². The molecule has 0 aliphatic rings. The van der Waals surface area contributed by atoms with Crippen LogP contribution < -0.4 is 4.74 Å². The van der Waals surface area contributed by atoms with E-state index in [0.717, 1.165) is 9.64 Å². The van der Waals surface area contributed by atoms with E-state index in [2.05, 4.69) is 22.6 Å². The molecule has 17 heavy (non-hydrogen) atoms. The maximum Gasteiger partial charge on any atom is 0.132 e. The Hall–Kier alpha value is -1.17. The van der Waals surface area contributed by atoms with Crippen molar-refractivity contribution in [2.24, 2.45) is 0 Å². The lowest BCUT2D eigenvalue weighted by Gasteiger charge is -2.07. The fourth-order valence-corrected chi connectivity index (χ4v) is 1.87. The zero-order valence-electron chi connectivity index (χ0n) is 8.79. The summed E-state index contributed by atoms with van der Waals surface area (Å²) in [4.78, 5) is 0. The summed E-state index contributed by atoms with van der Waals surface area (Å²) in [5.41, 5.74) is 0.338. The molecule has 0 aliphatic carbocycles. The van der Waals surface area contributed by atoms with Gasteiger partial charge in [0.1, 0.15) is 24.0 Å². The third-order valence-corrected chi connectivity index (χ3v) is 2.88. The molecule has 0 spiro atoms. The minimum Gasteiger partial charge on any atom is -0.489 e. The van der Waals surface area contributed by atoms with E-state index in [4.69, 9.17) is 4.74 Å². The predicted molar refractivity (Wildman–Crippen MR) is 69.8 cm³/mol. The second-order valence-corrected chi connectivity index (χ2v) is 4.73. The molecule has 0 bridgehead atoms. The molecule has 0 N–H and O–H groups in total. The normalized spacial score (nSPS) is 10.3. The molecule has 2 aromatic rings. The lowest BCUT2D eigenvalue weighted by molar-refractivity contribution is 0.299. The highest BCUT2D eigenvalue weighted by molar-refractivity contribution is 14.1. The van der Waals surface area contributed by atoms with Crippen LogP contribution in [0.2, 0.25) is 0 Å². The van der Waals surface area contributed by atoms with Gasteiger partial charge in [-0.15, -0.1) is 0 Å². The third kappa shape index (κ3) is 3.39. The van der Waals surface area contributed by atoms with Crippen LogP contribution >= 0.6 is 22.6 Å². The summed E-state index contributed by atoms with van der Waals surface area (Å²) in [6.45, 7) is 0.0895. The Morgan fingerprint density at radius 3 is 2.59 bits per heavy atom. The van der Waals surface area contributed by atoms with Crippen LogP contribution in [-0.2, 0) is 6.61 Å². The molecule has 0 saturated carbocycles.